The van der Waals surface area contributed by atoms with Gasteiger partial charge in [-0.3, -0.25) is 9.78 Å². The van der Waals surface area contributed by atoms with Gasteiger partial charge in [-0.2, -0.15) is 0 Å². The Morgan fingerprint density at radius 3 is 2.90 bits per heavy atom. The van der Waals surface area contributed by atoms with E-state index in [-0.39, 0.29) is 5.91 Å². The van der Waals surface area contributed by atoms with Crippen molar-refractivity contribution in [3.05, 3.63) is 30.1 Å². The van der Waals surface area contributed by atoms with Gasteiger partial charge < -0.3 is 19.7 Å². The summed E-state index contributed by atoms with van der Waals surface area (Å²) in [4.78, 5) is 17.8. The van der Waals surface area contributed by atoms with Gasteiger partial charge in [0.15, 0.2) is 11.5 Å². The summed E-state index contributed by atoms with van der Waals surface area (Å²) < 4.78 is 10.9. The first-order chi connectivity index (χ1) is 9.65. The third-order valence-electron chi connectivity index (χ3n) is 2.67. The molecule has 0 radical (unpaired) electrons. The van der Waals surface area contributed by atoms with Gasteiger partial charge in [0.1, 0.15) is 13.2 Å². The zero-order chi connectivity index (χ0) is 14.4. The smallest absolute Gasteiger partial charge is 0.244 e. The van der Waals surface area contributed by atoms with E-state index in [2.05, 4.69) is 10.3 Å². The van der Waals surface area contributed by atoms with Gasteiger partial charge in [-0.1, -0.05) is 6.08 Å². The van der Waals surface area contributed by atoms with Crippen molar-refractivity contribution in [2.75, 3.05) is 33.9 Å². The maximum Gasteiger partial charge on any atom is 0.244 e. The minimum atomic E-state index is -0.136. The summed E-state index contributed by atoms with van der Waals surface area (Å²) in [7, 11) is 3.89. The molecular weight excluding hydrogens is 258 g/mol. The van der Waals surface area contributed by atoms with E-state index < -0.39 is 0 Å². The maximum atomic E-state index is 11.6. The van der Waals surface area contributed by atoms with Crippen molar-refractivity contribution >= 4 is 5.91 Å². The fraction of sp³-hybridized carbons (Fsp3) is 0.429. The number of hydrogen-bond donors (Lipinski definition) is 1. The first-order valence-electron chi connectivity index (χ1n) is 6.49. The number of nitrogens with zero attached hydrogens (tertiary/aromatic N) is 2. The Labute approximate surface area is 118 Å². The molecule has 0 bridgehead atoms. The summed E-state index contributed by atoms with van der Waals surface area (Å²) in [5.41, 5.74) is 0.739. The maximum absolute atomic E-state index is 11.6. The van der Waals surface area contributed by atoms with E-state index in [0.717, 1.165) is 12.2 Å². The van der Waals surface area contributed by atoms with Crippen LogP contribution in [0.2, 0.25) is 0 Å². The quantitative estimate of drug-likeness (QED) is 0.798. The molecular formula is C14H19N3O3. The van der Waals surface area contributed by atoms with Crippen LogP contribution in [0.3, 0.4) is 0 Å². The van der Waals surface area contributed by atoms with Gasteiger partial charge in [0.05, 0.1) is 18.4 Å². The van der Waals surface area contributed by atoms with Gasteiger partial charge >= 0.3 is 0 Å². The van der Waals surface area contributed by atoms with Crippen molar-refractivity contribution in [1.82, 2.24) is 15.2 Å². The van der Waals surface area contributed by atoms with Crippen molar-refractivity contribution in [3.8, 4) is 11.5 Å². The van der Waals surface area contributed by atoms with Crippen molar-refractivity contribution < 1.29 is 14.3 Å². The second-order valence-corrected chi connectivity index (χ2v) is 4.70. The number of rotatable bonds is 5. The molecule has 1 N–H and O–H groups in total. The SMILES string of the molecule is CN(C)C/C=C/C(=O)NCc1cc2c(cn1)OCCO2. The zero-order valence-corrected chi connectivity index (χ0v) is 11.8. The van der Waals surface area contributed by atoms with Crippen LogP contribution in [0.1, 0.15) is 5.69 Å². The first-order valence-corrected chi connectivity index (χ1v) is 6.49. The number of hydrogen-bond acceptors (Lipinski definition) is 5. The van der Waals surface area contributed by atoms with Crippen LogP contribution in [0.25, 0.3) is 0 Å². The molecule has 6 heteroatoms. The monoisotopic (exact) mass is 277 g/mol. The zero-order valence-electron chi connectivity index (χ0n) is 11.8. The molecule has 0 fully saturated rings. The summed E-state index contributed by atoms with van der Waals surface area (Å²) in [5.74, 6) is 1.19. The summed E-state index contributed by atoms with van der Waals surface area (Å²) in [5, 5.41) is 2.78. The largest absolute Gasteiger partial charge is 0.486 e. The van der Waals surface area contributed by atoms with Crippen LogP contribution in [-0.4, -0.2) is 49.6 Å². The molecule has 0 aromatic carbocycles. The molecule has 6 nitrogen and oxygen atoms in total. The second-order valence-electron chi connectivity index (χ2n) is 4.70. The molecule has 0 saturated heterocycles. The van der Waals surface area contributed by atoms with E-state index in [9.17, 15) is 4.79 Å². The Balaban J connectivity index is 1.84. The van der Waals surface area contributed by atoms with Crippen LogP contribution in [0, 0.1) is 0 Å². The van der Waals surface area contributed by atoms with Crippen LogP contribution in [0.5, 0.6) is 11.5 Å². The first kappa shape index (κ1) is 14.3. The molecule has 0 aliphatic carbocycles. The number of carbonyl (C=O) groups is 1. The Kier molecular flexibility index (Phi) is 4.95. The molecule has 2 heterocycles. The van der Waals surface area contributed by atoms with E-state index >= 15 is 0 Å². The normalized spacial score (nSPS) is 13.8. The highest BCUT2D eigenvalue weighted by atomic mass is 16.6. The van der Waals surface area contributed by atoms with Gasteiger partial charge in [0, 0.05) is 18.7 Å². The van der Waals surface area contributed by atoms with Crippen molar-refractivity contribution in [2.45, 2.75) is 6.54 Å². The molecule has 0 unspecified atom stereocenters. The molecule has 20 heavy (non-hydrogen) atoms. The second kappa shape index (κ2) is 6.91. The number of fused-ring (bicyclic) bond motifs is 1. The highest BCUT2D eigenvalue weighted by Crippen LogP contribution is 2.29. The lowest BCUT2D eigenvalue weighted by Crippen LogP contribution is -2.22. The summed E-state index contributed by atoms with van der Waals surface area (Å²) in [6.45, 7) is 2.18. The van der Waals surface area contributed by atoms with E-state index in [1.807, 2.05) is 25.1 Å². The minimum absolute atomic E-state index is 0.136. The van der Waals surface area contributed by atoms with E-state index in [1.165, 1.54) is 6.08 Å². The Morgan fingerprint density at radius 2 is 2.15 bits per heavy atom. The highest BCUT2D eigenvalue weighted by Gasteiger charge is 2.12. The lowest BCUT2D eigenvalue weighted by atomic mass is 10.3. The minimum Gasteiger partial charge on any atom is -0.486 e. The number of amides is 1. The fourth-order valence-electron chi connectivity index (χ4n) is 1.69. The lowest BCUT2D eigenvalue weighted by molar-refractivity contribution is -0.116. The van der Waals surface area contributed by atoms with Crippen LogP contribution in [0.4, 0.5) is 0 Å². The van der Waals surface area contributed by atoms with Crippen molar-refractivity contribution in [3.63, 3.8) is 0 Å². The molecule has 108 valence electrons. The topological polar surface area (TPSA) is 63.7 Å². The van der Waals surface area contributed by atoms with Crippen molar-refractivity contribution in [2.24, 2.45) is 0 Å². The third kappa shape index (κ3) is 4.24. The Hall–Kier alpha value is -2.08. The van der Waals surface area contributed by atoms with Crippen LogP contribution >= 0.6 is 0 Å². The Morgan fingerprint density at radius 1 is 1.40 bits per heavy atom. The molecule has 0 spiro atoms. The number of aromatic nitrogens is 1. The van der Waals surface area contributed by atoms with Gasteiger partial charge in [0.2, 0.25) is 5.91 Å². The van der Waals surface area contributed by atoms with Crippen molar-refractivity contribution in [1.29, 1.82) is 0 Å². The molecule has 1 aromatic rings. The number of pyridine rings is 1. The third-order valence-corrected chi connectivity index (χ3v) is 2.67. The molecule has 1 aliphatic rings. The average Bonchev–Trinajstić information content (AvgIpc) is 2.44. The predicted octanol–water partition coefficient (Wildman–Crippen LogP) is 0.587. The van der Waals surface area contributed by atoms with E-state index in [0.29, 0.717) is 31.3 Å². The molecule has 2 rings (SSSR count). The summed E-state index contributed by atoms with van der Waals surface area (Å²) in [6.07, 6.45) is 4.96. The Bertz CT molecular complexity index is 500. The number of carbonyl (C=O) groups excluding carboxylic acids is 1. The summed E-state index contributed by atoms with van der Waals surface area (Å²) in [6, 6.07) is 1.79. The van der Waals surface area contributed by atoms with Crippen LogP contribution in [0.15, 0.2) is 24.4 Å². The molecule has 1 aliphatic heterocycles. The van der Waals surface area contributed by atoms with Gasteiger partial charge in [0.25, 0.3) is 0 Å². The molecule has 0 saturated carbocycles. The number of ether oxygens (including phenoxy) is 2. The van der Waals surface area contributed by atoms with Crippen LogP contribution in [-0.2, 0) is 11.3 Å². The average molecular weight is 277 g/mol. The van der Waals surface area contributed by atoms with Gasteiger partial charge in [-0.25, -0.2) is 0 Å². The van der Waals surface area contributed by atoms with Gasteiger partial charge in [-0.15, -0.1) is 0 Å². The lowest BCUT2D eigenvalue weighted by Gasteiger charge is -2.18. The summed E-state index contributed by atoms with van der Waals surface area (Å²) >= 11 is 0. The standard InChI is InChI=1S/C14H19N3O3/c1-17(2)5-3-4-14(18)16-9-11-8-12-13(10-15-11)20-7-6-19-12/h3-4,8,10H,5-7,9H2,1-2H3,(H,16,18)/b4-3+. The van der Waals surface area contributed by atoms with Crippen LogP contribution < -0.4 is 14.8 Å². The number of nitrogens with one attached hydrogen (secondary N) is 1. The molecule has 1 aromatic heterocycles. The van der Waals surface area contributed by atoms with Gasteiger partial charge in [-0.05, 0) is 14.1 Å². The fourth-order valence-corrected chi connectivity index (χ4v) is 1.69. The predicted molar refractivity (Wildman–Crippen MR) is 74.8 cm³/mol. The van der Waals surface area contributed by atoms with E-state index in [4.69, 9.17) is 9.47 Å². The molecule has 1 amide bonds. The highest BCUT2D eigenvalue weighted by molar-refractivity contribution is 5.87. The number of likely N-dealkylation sites (N-methyl/N-ethyl adjacent to an activating group) is 1. The molecule has 0 atom stereocenters. The van der Waals surface area contributed by atoms with E-state index in [1.54, 1.807) is 12.3 Å².